The molecule has 0 atom stereocenters. The monoisotopic (exact) mass is 205 g/mol. The Morgan fingerprint density at radius 3 is 3.13 bits per heavy atom. The van der Waals surface area contributed by atoms with Crippen molar-refractivity contribution in [1.29, 1.82) is 0 Å². The largest absolute Gasteiger partial charge is 0.462 e. The zero-order valence-corrected chi connectivity index (χ0v) is 8.28. The number of aromatic amines is 1. The summed E-state index contributed by atoms with van der Waals surface area (Å²) >= 11 is 0. The van der Waals surface area contributed by atoms with Crippen molar-refractivity contribution in [2.24, 2.45) is 0 Å². The molecule has 0 amide bonds. The van der Waals surface area contributed by atoms with Crippen LogP contribution in [0.2, 0.25) is 0 Å². The second-order valence-corrected chi connectivity index (χ2v) is 3.09. The van der Waals surface area contributed by atoms with Crippen LogP contribution in [0.15, 0.2) is 18.2 Å². The molecule has 2 aromatic rings. The third kappa shape index (κ3) is 1.63. The summed E-state index contributed by atoms with van der Waals surface area (Å²) in [5, 5.41) is 7.34. The van der Waals surface area contributed by atoms with Gasteiger partial charge in [-0.1, -0.05) is 0 Å². The standard InChI is InChI=1S/C10H11N3O2/c1-2-15-10(14)6-3-4-8-7(5-6)9(11)13-12-8/h3-5H,2H2,1H3,(H3,11,12,13). The molecule has 0 aliphatic heterocycles. The van der Waals surface area contributed by atoms with E-state index in [0.717, 1.165) is 10.9 Å². The van der Waals surface area contributed by atoms with Crippen molar-refractivity contribution in [3.63, 3.8) is 0 Å². The fraction of sp³-hybridized carbons (Fsp3) is 0.200. The van der Waals surface area contributed by atoms with Gasteiger partial charge in [-0.3, -0.25) is 5.10 Å². The summed E-state index contributed by atoms with van der Waals surface area (Å²) in [5.74, 6) is 0.0381. The van der Waals surface area contributed by atoms with Crippen molar-refractivity contribution < 1.29 is 9.53 Å². The number of nitrogens with two attached hydrogens (primary N) is 1. The molecule has 3 N–H and O–H groups in total. The van der Waals surface area contributed by atoms with Crippen molar-refractivity contribution in [3.8, 4) is 0 Å². The van der Waals surface area contributed by atoms with Gasteiger partial charge < -0.3 is 10.5 Å². The molecular formula is C10H11N3O2. The first-order valence-corrected chi connectivity index (χ1v) is 4.63. The van der Waals surface area contributed by atoms with Gasteiger partial charge in [-0.2, -0.15) is 5.10 Å². The topological polar surface area (TPSA) is 81.0 Å². The van der Waals surface area contributed by atoms with Crippen molar-refractivity contribution in [3.05, 3.63) is 23.8 Å². The normalized spacial score (nSPS) is 10.5. The van der Waals surface area contributed by atoms with Crippen LogP contribution in [-0.4, -0.2) is 22.8 Å². The van der Waals surface area contributed by atoms with Gasteiger partial charge in [-0.05, 0) is 25.1 Å². The fourth-order valence-electron chi connectivity index (χ4n) is 1.38. The van der Waals surface area contributed by atoms with Gasteiger partial charge in [0.1, 0.15) is 0 Å². The van der Waals surface area contributed by atoms with Crippen LogP contribution in [0.4, 0.5) is 5.82 Å². The molecule has 2 rings (SSSR count). The average molecular weight is 205 g/mol. The quantitative estimate of drug-likeness (QED) is 0.724. The Kier molecular flexibility index (Phi) is 2.29. The molecule has 15 heavy (non-hydrogen) atoms. The van der Waals surface area contributed by atoms with Gasteiger partial charge in [0.05, 0.1) is 17.7 Å². The molecule has 0 spiro atoms. The Hall–Kier alpha value is -2.04. The van der Waals surface area contributed by atoms with Crippen LogP contribution in [-0.2, 0) is 4.74 Å². The third-order valence-corrected chi connectivity index (χ3v) is 2.10. The minimum Gasteiger partial charge on any atom is -0.462 e. The number of H-pyrrole nitrogens is 1. The van der Waals surface area contributed by atoms with Crippen LogP contribution in [0, 0.1) is 0 Å². The lowest BCUT2D eigenvalue weighted by atomic mass is 10.1. The Balaban J connectivity index is 2.45. The number of anilines is 1. The van der Waals surface area contributed by atoms with Gasteiger partial charge in [-0.25, -0.2) is 4.79 Å². The third-order valence-electron chi connectivity index (χ3n) is 2.10. The van der Waals surface area contributed by atoms with Crippen LogP contribution in [0.5, 0.6) is 0 Å². The number of nitrogens with zero attached hydrogens (tertiary/aromatic N) is 1. The molecule has 0 bridgehead atoms. The molecule has 1 heterocycles. The molecule has 0 unspecified atom stereocenters. The van der Waals surface area contributed by atoms with Crippen LogP contribution >= 0.6 is 0 Å². The molecular weight excluding hydrogens is 194 g/mol. The van der Waals surface area contributed by atoms with E-state index in [-0.39, 0.29) is 5.97 Å². The van der Waals surface area contributed by atoms with Crippen LogP contribution in [0.1, 0.15) is 17.3 Å². The van der Waals surface area contributed by atoms with E-state index in [1.54, 1.807) is 25.1 Å². The van der Waals surface area contributed by atoms with Crippen LogP contribution in [0.3, 0.4) is 0 Å². The minimum absolute atomic E-state index is 0.347. The molecule has 0 saturated heterocycles. The van der Waals surface area contributed by atoms with Crippen molar-refractivity contribution >= 4 is 22.7 Å². The number of carbonyl (C=O) groups excluding carboxylic acids is 1. The lowest BCUT2D eigenvalue weighted by Gasteiger charge is -2.01. The number of carbonyl (C=O) groups is 1. The number of nitrogens with one attached hydrogen (secondary N) is 1. The number of rotatable bonds is 2. The summed E-state index contributed by atoms with van der Waals surface area (Å²) in [6.45, 7) is 2.13. The minimum atomic E-state index is -0.347. The first-order chi connectivity index (χ1) is 7.22. The number of benzene rings is 1. The van der Waals surface area contributed by atoms with E-state index in [0.29, 0.717) is 18.0 Å². The first kappa shape index (κ1) is 9.51. The fourth-order valence-corrected chi connectivity index (χ4v) is 1.38. The maximum Gasteiger partial charge on any atom is 0.338 e. The summed E-state index contributed by atoms with van der Waals surface area (Å²) < 4.78 is 4.88. The van der Waals surface area contributed by atoms with E-state index in [2.05, 4.69) is 10.2 Å². The number of nitrogen functional groups attached to an aromatic ring is 1. The molecule has 0 aliphatic carbocycles. The summed E-state index contributed by atoms with van der Waals surface area (Å²) in [6.07, 6.45) is 0. The predicted molar refractivity (Wildman–Crippen MR) is 56.5 cm³/mol. The van der Waals surface area contributed by atoms with E-state index >= 15 is 0 Å². The molecule has 5 nitrogen and oxygen atoms in total. The molecule has 1 aromatic heterocycles. The van der Waals surface area contributed by atoms with E-state index in [4.69, 9.17) is 10.5 Å². The number of hydrogen-bond donors (Lipinski definition) is 2. The van der Waals surface area contributed by atoms with Gasteiger partial charge in [0.25, 0.3) is 0 Å². The zero-order valence-electron chi connectivity index (χ0n) is 8.28. The van der Waals surface area contributed by atoms with Crippen LogP contribution < -0.4 is 5.73 Å². The van der Waals surface area contributed by atoms with Crippen molar-refractivity contribution in [2.45, 2.75) is 6.92 Å². The van der Waals surface area contributed by atoms with Gasteiger partial charge >= 0.3 is 5.97 Å². The van der Waals surface area contributed by atoms with E-state index in [1.807, 2.05) is 0 Å². The average Bonchev–Trinajstić information content (AvgIpc) is 2.60. The zero-order chi connectivity index (χ0) is 10.8. The van der Waals surface area contributed by atoms with Gasteiger partial charge in [0.2, 0.25) is 0 Å². The SMILES string of the molecule is CCOC(=O)c1ccc2[nH]nc(N)c2c1. The first-order valence-electron chi connectivity index (χ1n) is 4.63. The summed E-state index contributed by atoms with van der Waals surface area (Å²) in [7, 11) is 0. The highest BCUT2D eigenvalue weighted by Crippen LogP contribution is 2.19. The molecule has 0 saturated carbocycles. The second kappa shape index (κ2) is 3.61. The number of fused-ring (bicyclic) bond motifs is 1. The summed E-state index contributed by atoms with van der Waals surface area (Å²) in [4.78, 5) is 11.4. The van der Waals surface area contributed by atoms with E-state index in [1.165, 1.54) is 0 Å². The second-order valence-electron chi connectivity index (χ2n) is 3.09. The smallest absolute Gasteiger partial charge is 0.338 e. The lowest BCUT2D eigenvalue weighted by molar-refractivity contribution is 0.0526. The Labute approximate surface area is 86.2 Å². The summed E-state index contributed by atoms with van der Waals surface area (Å²) in [6, 6.07) is 5.11. The highest BCUT2D eigenvalue weighted by molar-refractivity contribution is 5.97. The van der Waals surface area contributed by atoms with Gasteiger partial charge in [0.15, 0.2) is 5.82 Å². The molecule has 78 valence electrons. The number of esters is 1. The van der Waals surface area contributed by atoms with Gasteiger partial charge in [-0.15, -0.1) is 0 Å². The van der Waals surface area contributed by atoms with E-state index in [9.17, 15) is 4.79 Å². The van der Waals surface area contributed by atoms with Crippen molar-refractivity contribution in [1.82, 2.24) is 10.2 Å². The molecule has 5 heteroatoms. The molecule has 0 fully saturated rings. The lowest BCUT2D eigenvalue weighted by Crippen LogP contribution is -2.04. The number of ether oxygens (including phenoxy) is 1. The maximum absolute atomic E-state index is 11.4. The Morgan fingerprint density at radius 1 is 1.60 bits per heavy atom. The Morgan fingerprint density at radius 2 is 2.40 bits per heavy atom. The number of aromatic nitrogens is 2. The molecule has 0 radical (unpaired) electrons. The van der Waals surface area contributed by atoms with Crippen LogP contribution in [0.25, 0.3) is 10.9 Å². The number of hydrogen-bond acceptors (Lipinski definition) is 4. The molecule has 0 aliphatic rings. The predicted octanol–water partition coefficient (Wildman–Crippen LogP) is 1.32. The Bertz CT molecular complexity index is 504. The van der Waals surface area contributed by atoms with E-state index < -0.39 is 0 Å². The van der Waals surface area contributed by atoms with Crippen molar-refractivity contribution in [2.75, 3.05) is 12.3 Å². The highest BCUT2D eigenvalue weighted by atomic mass is 16.5. The maximum atomic E-state index is 11.4. The highest BCUT2D eigenvalue weighted by Gasteiger charge is 2.09. The summed E-state index contributed by atoms with van der Waals surface area (Å²) in [5.41, 5.74) is 6.91. The van der Waals surface area contributed by atoms with Gasteiger partial charge in [0, 0.05) is 5.39 Å². The molecule has 1 aromatic carbocycles.